The van der Waals surface area contributed by atoms with Crippen molar-refractivity contribution in [1.82, 2.24) is 5.32 Å². The second kappa shape index (κ2) is 7.67. The average molecular weight is 363 g/mol. The maximum absolute atomic E-state index is 12.5. The summed E-state index contributed by atoms with van der Waals surface area (Å²) < 4.78 is 10.1. The molecule has 0 saturated heterocycles. The summed E-state index contributed by atoms with van der Waals surface area (Å²) in [7, 11) is 3.00. The van der Waals surface area contributed by atoms with Crippen LogP contribution in [0.25, 0.3) is 11.1 Å². The van der Waals surface area contributed by atoms with Gasteiger partial charge in [0, 0.05) is 12.0 Å². The number of hydrogen-bond donors (Lipinski definition) is 2. The van der Waals surface area contributed by atoms with Crippen molar-refractivity contribution in [2.24, 2.45) is 0 Å². The topological polar surface area (TPSA) is 84.9 Å². The molecular formula is C18H21NO5S. The van der Waals surface area contributed by atoms with E-state index < -0.39 is 17.4 Å². The zero-order valence-electron chi connectivity index (χ0n) is 14.6. The van der Waals surface area contributed by atoms with E-state index in [1.807, 2.05) is 31.2 Å². The molecule has 0 spiro atoms. The van der Waals surface area contributed by atoms with Gasteiger partial charge in [0.1, 0.15) is 5.75 Å². The molecule has 0 aliphatic carbocycles. The van der Waals surface area contributed by atoms with Gasteiger partial charge in [0.15, 0.2) is 5.54 Å². The lowest BCUT2D eigenvalue weighted by atomic mass is 10.0. The zero-order chi connectivity index (χ0) is 18.6. The summed E-state index contributed by atoms with van der Waals surface area (Å²) in [6.07, 6.45) is 0. The quantitative estimate of drug-likeness (QED) is 0.790. The molecule has 2 N–H and O–H groups in total. The van der Waals surface area contributed by atoms with Gasteiger partial charge < -0.3 is 19.9 Å². The summed E-state index contributed by atoms with van der Waals surface area (Å²) in [5, 5.41) is 11.9. The standard InChI is InChI=1S/C18H21NO5S/c1-11-14(12-5-7-13(24-4)8-6-12)9-15(25-11)16(20)19-18(2,10-23-3)17(21)22/h5-9H,10H2,1-4H3,(H,19,20)(H,21,22). The van der Waals surface area contributed by atoms with E-state index in [9.17, 15) is 14.7 Å². The number of ether oxygens (including phenoxy) is 2. The normalized spacial score (nSPS) is 13.1. The van der Waals surface area contributed by atoms with Crippen LogP contribution < -0.4 is 10.1 Å². The minimum Gasteiger partial charge on any atom is -0.497 e. The summed E-state index contributed by atoms with van der Waals surface area (Å²) in [6.45, 7) is 3.22. The van der Waals surface area contributed by atoms with Gasteiger partial charge in [-0.05, 0) is 43.2 Å². The highest BCUT2D eigenvalue weighted by Crippen LogP contribution is 2.32. The second-order valence-corrected chi connectivity index (χ2v) is 7.09. The number of benzene rings is 1. The molecule has 1 heterocycles. The van der Waals surface area contributed by atoms with Gasteiger partial charge >= 0.3 is 5.97 Å². The van der Waals surface area contributed by atoms with E-state index in [0.29, 0.717) is 4.88 Å². The Kier molecular flexibility index (Phi) is 5.81. The predicted molar refractivity (Wildman–Crippen MR) is 96.4 cm³/mol. The van der Waals surface area contributed by atoms with Crippen molar-refractivity contribution in [2.75, 3.05) is 20.8 Å². The molecule has 7 heteroatoms. The fraction of sp³-hybridized carbons (Fsp3) is 0.333. The summed E-state index contributed by atoms with van der Waals surface area (Å²) in [5.74, 6) is -0.826. The number of aliphatic carboxylic acids is 1. The van der Waals surface area contributed by atoms with E-state index in [4.69, 9.17) is 9.47 Å². The van der Waals surface area contributed by atoms with E-state index in [0.717, 1.165) is 21.8 Å². The van der Waals surface area contributed by atoms with Crippen molar-refractivity contribution in [3.63, 3.8) is 0 Å². The molecule has 1 unspecified atom stereocenters. The Hall–Kier alpha value is -2.38. The summed E-state index contributed by atoms with van der Waals surface area (Å²) in [6, 6.07) is 9.31. The summed E-state index contributed by atoms with van der Waals surface area (Å²) >= 11 is 1.32. The number of hydrogen-bond acceptors (Lipinski definition) is 5. The Labute approximate surface area is 150 Å². The van der Waals surface area contributed by atoms with Crippen LogP contribution in [-0.4, -0.2) is 43.3 Å². The van der Waals surface area contributed by atoms with Crippen molar-refractivity contribution in [2.45, 2.75) is 19.4 Å². The first kappa shape index (κ1) is 19.0. The fourth-order valence-electron chi connectivity index (χ4n) is 2.40. The molecule has 2 rings (SSSR count). The van der Waals surface area contributed by atoms with Crippen molar-refractivity contribution in [3.05, 3.63) is 40.1 Å². The van der Waals surface area contributed by atoms with E-state index >= 15 is 0 Å². The molecule has 0 fully saturated rings. The van der Waals surface area contributed by atoms with Gasteiger partial charge in [0.25, 0.3) is 5.91 Å². The van der Waals surface area contributed by atoms with Crippen molar-refractivity contribution in [1.29, 1.82) is 0 Å². The summed E-state index contributed by atoms with van der Waals surface area (Å²) in [5.41, 5.74) is 0.414. The van der Waals surface area contributed by atoms with Crippen molar-refractivity contribution < 1.29 is 24.2 Å². The van der Waals surface area contributed by atoms with Crippen LogP contribution in [0.3, 0.4) is 0 Å². The molecule has 2 aromatic rings. The van der Waals surface area contributed by atoms with Gasteiger partial charge in [-0.2, -0.15) is 0 Å². The lowest BCUT2D eigenvalue weighted by molar-refractivity contribution is -0.145. The first-order valence-corrected chi connectivity index (χ1v) is 8.42. The molecule has 0 aliphatic heterocycles. The first-order valence-electron chi connectivity index (χ1n) is 7.60. The van der Waals surface area contributed by atoms with Crippen LogP contribution in [0.4, 0.5) is 0 Å². The number of methoxy groups -OCH3 is 2. The van der Waals surface area contributed by atoms with Crippen LogP contribution in [0.2, 0.25) is 0 Å². The molecule has 0 bridgehead atoms. The Bertz CT molecular complexity index is 768. The van der Waals surface area contributed by atoms with Crippen LogP contribution in [0.15, 0.2) is 30.3 Å². The van der Waals surface area contributed by atoms with E-state index in [1.165, 1.54) is 25.4 Å². The van der Waals surface area contributed by atoms with Crippen LogP contribution in [0, 0.1) is 6.92 Å². The van der Waals surface area contributed by atoms with Crippen LogP contribution in [0.5, 0.6) is 5.75 Å². The number of thiophene rings is 1. The van der Waals surface area contributed by atoms with Gasteiger partial charge in [-0.3, -0.25) is 4.79 Å². The number of nitrogens with one attached hydrogen (secondary N) is 1. The second-order valence-electron chi connectivity index (χ2n) is 5.83. The average Bonchev–Trinajstić information content (AvgIpc) is 2.97. The number of carbonyl (C=O) groups excluding carboxylic acids is 1. The molecule has 0 saturated carbocycles. The number of carboxylic acid groups (broad SMARTS) is 1. The third kappa shape index (κ3) is 4.18. The maximum Gasteiger partial charge on any atom is 0.331 e. The highest BCUT2D eigenvalue weighted by atomic mass is 32.1. The Balaban J connectivity index is 2.26. The number of amides is 1. The number of carboxylic acids is 1. The minimum absolute atomic E-state index is 0.121. The van der Waals surface area contributed by atoms with Crippen LogP contribution in [0.1, 0.15) is 21.5 Å². The zero-order valence-corrected chi connectivity index (χ0v) is 15.4. The molecule has 0 radical (unpaired) electrons. The monoisotopic (exact) mass is 363 g/mol. The van der Waals surface area contributed by atoms with Gasteiger partial charge in [0.2, 0.25) is 0 Å². The molecule has 134 valence electrons. The summed E-state index contributed by atoms with van der Waals surface area (Å²) in [4.78, 5) is 25.3. The maximum atomic E-state index is 12.5. The van der Waals surface area contributed by atoms with Gasteiger partial charge in [0.05, 0.1) is 18.6 Å². The molecule has 1 aromatic carbocycles. The minimum atomic E-state index is -1.48. The third-order valence-corrected chi connectivity index (χ3v) is 4.89. The van der Waals surface area contributed by atoms with Crippen LogP contribution in [-0.2, 0) is 9.53 Å². The largest absolute Gasteiger partial charge is 0.497 e. The van der Waals surface area contributed by atoms with Crippen LogP contribution >= 0.6 is 11.3 Å². The van der Waals surface area contributed by atoms with Gasteiger partial charge in [-0.25, -0.2) is 4.79 Å². The Morgan fingerprint density at radius 2 is 1.88 bits per heavy atom. The molecule has 1 aromatic heterocycles. The number of carbonyl (C=O) groups is 2. The van der Waals surface area contributed by atoms with E-state index in [1.54, 1.807) is 13.2 Å². The molecule has 6 nitrogen and oxygen atoms in total. The predicted octanol–water partition coefficient (Wildman–Crippen LogP) is 2.95. The van der Waals surface area contributed by atoms with Crippen molar-refractivity contribution in [3.8, 4) is 16.9 Å². The van der Waals surface area contributed by atoms with Gasteiger partial charge in [-0.15, -0.1) is 11.3 Å². The molecule has 1 atom stereocenters. The van der Waals surface area contributed by atoms with Crippen molar-refractivity contribution >= 4 is 23.2 Å². The first-order chi connectivity index (χ1) is 11.8. The lowest BCUT2D eigenvalue weighted by Crippen LogP contribution is -2.55. The molecule has 0 aliphatic rings. The highest BCUT2D eigenvalue weighted by Gasteiger charge is 2.35. The Morgan fingerprint density at radius 1 is 1.24 bits per heavy atom. The fourth-order valence-corrected chi connectivity index (χ4v) is 3.34. The highest BCUT2D eigenvalue weighted by molar-refractivity contribution is 7.14. The lowest BCUT2D eigenvalue weighted by Gasteiger charge is -2.24. The van der Waals surface area contributed by atoms with Gasteiger partial charge in [-0.1, -0.05) is 12.1 Å². The SMILES string of the molecule is COCC(C)(NC(=O)c1cc(-c2ccc(OC)cc2)c(C)s1)C(=O)O. The van der Waals surface area contributed by atoms with E-state index in [-0.39, 0.29) is 6.61 Å². The number of aryl methyl sites for hydroxylation is 1. The van der Waals surface area contributed by atoms with E-state index in [2.05, 4.69) is 5.32 Å². The molecule has 1 amide bonds. The Morgan fingerprint density at radius 3 is 2.40 bits per heavy atom. The molecule has 25 heavy (non-hydrogen) atoms. The molecular weight excluding hydrogens is 342 g/mol. The third-order valence-electron chi connectivity index (χ3n) is 3.84. The number of rotatable bonds is 7. The smallest absolute Gasteiger partial charge is 0.331 e.